The summed E-state index contributed by atoms with van der Waals surface area (Å²) < 4.78 is 58.4. The van der Waals surface area contributed by atoms with Crippen LogP contribution in [0.5, 0.6) is 0 Å². The Morgan fingerprint density at radius 3 is 2.50 bits per heavy atom. The third-order valence-corrected chi connectivity index (χ3v) is 2.83. The highest BCUT2D eigenvalue weighted by Gasteiger charge is 2.39. The maximum atomic E-state index is 12.2. The van der Waals surface area contributed by atoms with E-state index in [1.807, 2.05) is 0 Å². The minimum Gasteiger partial charge on any atom is -0.291 e. The fourth-order valence-electron chi connectivity index (χ4n) is 0.968. The SMILES string of the molecule is CS(=O)(=O)C1=CC(C(F)(F)F)CN=C1. The third-order valence-electron chi connectivity index (χ3n) is 1.73. The number of halogens is 3. The van der Waals surface area contributed by atoms with Gasteiger partial charge in [-0.2, -0.15) is 13.2 Å². The van der Waals surface area contributed by atoms with E-state index in [1.165, 1.54) is 0 Å². The lowest BCUT2D eigenvalue weighted by Crippen LogP contribution is -2.27. The van der Waals surface area contributed by atoms with E-state index in [4.69, 9.17) is 0 Å². The van der Waals surface area contributed by atoms with Crippen LogP contribution in [-0.4, -0.2) is 33.6 Å². The highest BCUT2D eigenvalue weighted by molar-refractivity contribution is 7.95. The number of hydrogen-bond acceptors (Lipinski definition) is 3. The fraction of sp³-hybridized carbons (Fsp3) is 0.571. The van der Waals surface area contributed by atoms with Crippen LogP contribution in [0, 0.1) is 5.92 Å². The molecule has 1 aliphatic heterocycles. The Labute approximate surface area is 79.3 Å². The molecule has 14 heavy (non-hydrogen) atoms. The van der Waals surface area contributed by atoms with Gasteiger partial charge >= 0.3 is 6.18 Å². The molecule has 1 unspecified atom stereocenters. The van der Waals surface area contributed by atoms with Gasteiger partial charge in [0.25, 0.3) is 0 Å². The van der Waals surface area contributed by atoms with Gasteiger partial charge in [0.1, 0.15) is 0 Å². The van der Waals surface area contributed by atoms with E-state index in [2.05, 4.69) is 4.99 Å². The Bertz CT molecular complexity index is 380. The van der Waals surface area contributed by atoms with E-state index in [9.17, 15) is 21.6 Å². The molecule has 1 aliphatic rings. The summed E-state index contributed by atoms with van der Waals surface area (Å²) in [7, 11) is -3.61. The predicted octanol–water partition coefficient (Wildman–Crippen LogP) is 1.18. The number of hydrogen-bond donors (Lipinski definition) is 0. The number of dihydropyridines is 1. The Kier molecular flexibility index (Phi) is 2.71. The van der Waals surface area contributed by atoms with Crippen molar-refractivity contribution in [2.45, 2.75) is 6.18 Å². The molecule has 0 amide bonds. The maximum Gasteiger partial charge on any atom is 0.396 e. The summed E-state index contributed by atoms with van der Waals surface area (Å²) in [6.07, 6.45) is -1.93. The number of aliphatic imine (C=N–C) groups is 1. The molecule has 0 radical (unpaired) electrons. The summed E-state index contributed by atoms with van der Waals surface area (Å²) in [6, 6.07) is 0. The molecule has 0 aromatic heterocycles. The zero-order chi connectivity index (χ0) is 11.0. The first kappa shape index (κ1) is 11.2. The lowest BCUT2D eigenvalue weighted by molar-refractivity contribution is -0.158. The van der Waals surface area contributed by atoms with E-state index >= 15 is 0 Å². The molecular formula is C7H8F3NO2S. The Morgan fingerprint density at radius 2 is 2.07 bits per heavy atom. The van der Waals surface area contributed by atoms with E-state index in [-0.39, 0.29) is 4.91 Å². The molecule has 1 atom stereocenters. The van der Waals surface area contributed by atoms with Crippen molar-refractivity contribution in [2.24, 2.45) is 10.9 Å². The highest BCUT2D eigenvalue weighted by atomic mass is 32.2. The van der Waals surface area contributed by atoms with Crippen molar-refractivity contribution in [2.75, 3.05) is 12.8 Å². The molecule has 1 heterocycles. The van der Waals surface area contributed by atoms with Crippen LogP contribution in [0.4, 0.5) is 13.2 Å². The molecule has 80 valence electrons. The molecular weight excluding hydrogens is 219 g/mol. The van der Waals surface area contributed by atoms with Crippen LogP contribution in [0.2, 0.25) is 0 Å². The molecule has 3 nitrogen and oxygen atoms in total. The molecule has 7 heteroatoms. The monoisotopic (exact) mass is 227 g/mol. The molecule has 0 saturated carbocycles. The molecule has 0 saturated heterocycles. The molecule has 1 rings (SSSR count). The molecule has 0 aromatic rings. The van der Waals surface area contributed by atoms with Gasteiger partial charge in [-0.15, -0.1) is 0 Å². The summed E-state index contributed by atoms with van der Waals surface area (Å²) in [5, 5.41) is 0. The minimum absolute atomic E-state index is 0.369. The topological polar surface area (TPSA) is 46.5 Å². The average molecular weight is 227 g/mol. The van der Waals surface area contributed by atoms with Crippen molar-refractivity contribution < 1.29 is 21.6 Å². The second-order valence-electron chi connectivity index (χ2n) is 2.98. The van der Waals surface area contributed by atoms with Crippen molar-refractivity contribution in [3.63, 3.8) is 0 Å². The summed E-state index contributed by atoms with van der Waals surface area (Å²) in [5.41, 5.74) is 0. The van der Waals surface area contributed by atoms with E-state index < -0.39 is 28.5 Å². The van der Waals surface area contributed by atoms with Crippen LogP contribution in [-0.2, 0) is 9.84 Å². The van der Waals surface area contributed by atoms with Gasteiger partial charge in [0.05, 0.1) is 17.4 Å². The second kappa shape index (κ2) is 3.38. The van der Waals surface area contributed by atoms with E-state index in [0.717, 1.165) is 12.5 Å². The Hall–Kier alpha value is -0.850. The Morgan fingerprint density at radius 1 is 1.50 bits per heavy atom. The van der Waals surface area contributed by atoms with Gasteiger partial charge < -0.3 is 0 Å². The number of allylic oxidation sites excluding steroid dienone is 1. The molecule has 0 aromatic carbocycles. The van der Waals surface area contributed by atoms with Crippen LogP contribution < -0.4 is 0 Å². The van der Waals surface area contributed by atoms with E-state index in [1.54, 1.807) is 0 Å². The predicted molar refractivity (Wildman–Crippen MR) is 45.8 cm³/mol. The fourth-order valence-corrected chi connectivity index (χ4v) is 1.65. The van der Waals surface area contributed by atoms with Gasteiger partial charge in [0, 0.05) is 12.5 Å². The molecule has 0 fully saturated rings. The molecule has 0 bridgehead atoms. The first-order valence-corrected chi connectivity index (χ1v) is 5.59. The van der Waals surface area contributed by atoms with Crippen molar-refractivity contribution in [1.82, 2.24) is 0 Å². The van der Waals surface area contributed by atoms with Crippen LogP contribution in [0.15, 0.2) is 16.0 Å². The maximum absolute atomic E-state index is 12.2. The standard InChI is InChI=1S/C7H8F3NO2S/c1-14(12,13)6-2-5(3-11-4-6)7(8,9)10/h2,4-5H,3H2,1H3. The number of alkyl halides is 3. The first-order valence-electron chi connectivity index (χ1n) is 3.69. The van der Waals surface area contributed by atoms with Crippen LogP contribution in [0.3, 0.4) is 0 Å². The lowest BCUT2D eigenvalue weighted by atomic mass is 10.1. The van der Waals surface area contributed by atoms with Crippen LogP contribution in [0.25, 0.3) is 0 Å². The quantitative estimate of drug-likeness (QED) is 0.675. The van der Waals surface area contributed by atoms with Crippen molar-refractivity contribution >= 4 is 16.1 Å². The zero-order valence-electron chi connectivity index (χ0n) is 7.25. The van der Waals surface area contributed by atoms with Gasteiger partial charge in [-0.05, 0) is 0 Å². The normalized spacial score (nSPS) is 23.4. The second-order valence-corrected chi connectivity index (χ2v) is 5.00. The van der Waals surface area contributed by atoms with Crippen LogP contribution >= 0.6 is 0 Å². The average Bonchev–Trinajstić information content (AvgIpc) is 2.01. The lowest BCUT2D eigenvalue weighted by Gasteiger charge is -2.18. The van der Waals surface area contributed by atoms with Crippen molar-refractivity contribution in [3.8, 4) is 0 Å². The smallest absolute Gasteiger partial charge is 0.291 e. The first-order chi connectivity index (χ1) is 6.21. The van der Waals surface area contributed by atoms with Gasteiger partial charge in [-0.25, -0.2) is 8.42 Å². The summed E-state index contributed by atoms with van der Waals surface area (Å²) in [4.78, 5) is 3.01. The zero-order valence-corrected chi connectivity index (χ0v) is 8.06. The third kappa shape index (κ3) is 2.57. The minimum atomic E-state index is -4.44. The number of sulfone groups is 1. The van der Waals surface area contributed by atoms with Crippen molar-refractivity contribution in [3.05, 3.63) is 11.0 Å². The Balaban J connectivity index is 3.02. The van der Waals surface area contributed by atoms with Gasteiger partial charge in [0.15, 0.2) is 9.84 Å². The number of rotatable bonds is 1. The summed E-state index contributed by atoms with van der Waals surface area (Å²) in [5.74, 6) is -1.79. The van der Waals surface area contributed by atoms with Crippen LogP contribution in [0.1, 0.15) is 0 Å². The van der Waals surface area contributed by atoms with Gasteiger partial charge in [-0.1, -0.05) is 6.08 Å². The van der Waals surface area contributed by atoms with Crippen molar-refractivity contribution in [1.29, 1.82) is 0 Å². The summed E-state index contributed by atoms with van der Waals surface area (Å²) >= 11 is 0. The summed E-state index contributed by atoms with van der Waals surface area (Å²) in [6.45, 7) is -0.442. The molecule has 0 aliphatic carbocycles. The molecule has 0 spiro atoms. The van der Waals surface area contributed by atoms with E-state index in [0.29, 0.717) is 6.08 Å². The largest absolute Gasteiger partial charge is 0.396 e. The highest BCUT2D eigenvalue weighted by Crippen LogP contribution is 2.30. The van der Waals surface area contributed by atoms with Gasteiger partial charge in [-0.3, -0.25) is 4.99 Å². The molecule has 0 N–H and O–H groups in total. The van der Waals surface area contributed by atoms with Gasteiger partial charge in [0.2, 0.25) is 0 Å². The number of nitrogens with zero attached hydrogens (tertiary/aromatic N) is 1.